The molecule has 0 saturated carbocycles. The molecule has 2 bridgehead atoms. The van der Waals surface area contributed by atoms with Crippen molar-refractivity contribution in [3.05, 3.63) is 0 Å². The summed E-state index contributed by atoms with van der Waals surface area (Å²) >= 11 is 0. The monoisotopic (exact) mass is 169 g/mol. The van der Waals surface area contributed by atoms with Gasteiger partial charge in [0.05, 0.1) is 13.2 Å². The zero-order chi connectivity index (χ0) is 8.72. The fraction of sp³-hybridized carbons (Fsp3) is 1.00. The normalized spacial score (nSPS) is 42.5. The second kappa shape index (κ2) is 3.00. The maximum absolute atomic E-state index is 5.60. The van der Waals surface area contributed by atoms with E-state index in [1.165, 1.54) is 6.42 Å². The van der Waals surface area contributed by atoms with Gasteiger partial charge in [-0.15, -0.1) is 0 Å². The quantitative estimate of drug-likeness (QED) is 0.590. The van der Waals surface area contributed by atoms with Gasteiger partial charge >= 0.3 is 0 Å². The maximum Gasteiger partial charge on any atom is 0.0622 e. The zero-order valence-corrected chi connectivity index (χ0v) is 8.29. The third-order valence-electron chi connectivity index (χ3n) is 3.26. The molecule has 0 N–H and O–H groups in total. The van der Waals surface area contributed by atoms with E-state index >= 15 is 0 Å². The van der Waals surface area contributed by atoms with Crippen LogP contribution in [0.1, 0.15) is 27.2 Å². The molecule has 3 aliphatic rings. The van der Waals surface area contributed by atoms with E-state index in [9.17, 15) is 0 Å². The summed E-state index contributed by atoms with van der Waals surface area (Å²) < 4.78 is 5.60. The highest BCUT2D eigenvalue weighted by molar-refractivity contribution is 4.98. The van der Waals surface area contributed by atoms with Crippen molar-refractivity contribution in [3.8, 4) is 0 Å². The van der Waals surface area contributed by atoms with Gasteiger partial charge in [-0.25, -0.2) is 0 Å². The largest absolute Gasteiger partial charge is 0.379 e. The highest BCUT2D eigenvalue weighted by atomic mass is 16.5. The number of ether oxygens (including phenoxy) is 1. The summed E-state index contributed by atoms with van der Waals surface area (Å²) in [5.74, 6) is 0.728. The van der Waals surface area contributed by atoms with Crippen molar-refractivity contribution < 1.29 is 4.74 Å². The molecule has 70 valence electrons. The first-order valence-electron chi connectivity index (χ1n) is 5.05. The second-order valence-corrected chi connectivity index (χ2v) is 4.51. The maximum atomic E-state index is 5.60. The minimum Gasteiger partial charge on any atom is -0.379 e. The molecule has 0 aromatic carbocycles. The third-order valence-corrected chi connectivity index (χ3v) is 3.26. The van der Waals surface area contributed by atoms with E-state index in [4.69, 9.17) is 4.74 Å². The van der Waals surface area contributed by atoms with Gasteiger partial charge in [0.2, 0.25) is 0 Å². The van der Waals surface area contributed by atoms with Crippen molar-refractivity contribution in [3.63, 3.8) is 0 Å². The Bertz CT molecular complexity index is 169. The van der Waals surface area contributed by atoms with E-state index in [1.807, 2.05) is 0 Å². The molecule has 3 rings (SSSR count). The van der Waals surface area contributed by atoms with Crippen LogP contribution in [0.3, 0.4) is 0 Å². The molecule has 2 heteroatoms. The Morgan fingerprint density at radius 1 is 1.33 bits per heavy atom. The Morgan fingerprint density at radius 3 is 2.75 bits per heavy atom. The molecular weight excluding hydrogens is 150 g/mol. The van der Waals surface area contributed by atoms with Gasteiger partial charge in [-0.2, -0.15) is 0 Å². The number of hydrogen-bond acceptors (Lipinski definition) is 2. The average Bonchev–Trinajstić information content (AvgIpc) is 2.15. The van der Waals surface area contributed by atoms with Crippen LogP contribution in [-0.4, -0.2) is 36.2 Å². The van der Waals surface area contributed by atoms with Crippen molar-refractivity contribution in [1.29, 1.82) is 0 Å². The standard InChI is InChI=1S/C10H19NO/c1-7(2)11-9-4-10(11)8(3)5-12-6-9/h7-10H,4-6H2,1-3H3/t8-,9+,10-/m0/s1. The molecule has 0 aliphatic carbocycles. The molecule has 0 aromatic rings. The van der Waals surface area contributed by atoms with E-state index in [2.05, 4.69) is 25.7 Å². The average molecular weight is 169 g/mol. The Kier molecular flexibility index (Phi) is 2.13. The van der Waals surface area contributed by atoms with Crippen LogP contribution in [0.4, 0.5) is 0 Å². The lowest BCUT2D eigenvalue weighted by Crippen LogP contribution is -2.61. The summed E-state index contributed by atoms with van der Waals surface area (Å²) in [6.07, 6.45) is 1.36. The van der Waals surface area contributed by atoms with Gasteiger partial charge in [0.1, 0.15) is 0 Å². The highest BCUT2D eigenvalue weighted by Crippen LogP contribution is 2.35. The van der Waals surface area contributed by atoms with Gasteiger partial charge < -0.3 is 4.74 Å². The Morgan fingerprint density at radius 2 is 2.08 bits per heavy atom. The lowest BCUT2D eigenvalue weighted by atomic mass is 9.84. The number of fused-ring (bicyclic) bond motifs is 3. The first kappa shape index (κ1) is 8.52. The smallest absolute Gasteiger partial charge is 0.0622 e. The highest BCUT2D eigenvalue weighted by Gasteiger charge is 2.44. The van der Waals surface area contributed by atoms with E-state index in [1.54, 1.807) is 0 Å². The molecule has 3 saturated heterocycles. The molecule has 0 radical (unpaired) electrons. The SMILES string of the molecule is CC(C)N1[C@H]2COC[C@H](C)[C@@H]1C2. The topological polar surface area (TPSA) is 12.5 Å². The molecule has 3 heterocycles. The number of hydrogen-bond donors (Lipinski definition) is 0. The van der Waals surface area contributed by atoms with Crippen LogP contribution in [0, 0.1) is 5.92 Å². The minimum absolute atomic E-state index is 0.692. The molecule has 0 unspecified atom stereocenters. The fourth-order valence-electron chi connectivity index (χ4n) is 2.64. The molecule has 0 spiro atoms. The summed E-state index contributed by atoms with van der Waals surface area (Å²) in [5.41, 5.74) is 0. The lowest BCUT2D eigenvalue weighted by Gasteiger charge is -2.51. The lowest BCUT2D eigenvalue weighted by molar-refractivity contribution is -0.0300. The summed E-state index contributed by atoms with van der Waals surface area (Å²) in [6, 6.07) is 2.22. The molecule has 0 amide bonds. The Balaban J connectivity index is 2.06. The van der Waals surface area contributed by atoms with Crippen LogP contribution in [-0.2, 0) is 4.74 Å². The van der Waals surface area contributed by atoms with Gasteiger partial charge in [0.25, 0.3) is 0 Å². The summed E-state index contributed by atoms with van der Waals surface area (Å²) in [4.78, 5) is 2.62. The van der Waals surface area contributed by atoms with Crippen molar-refractivity contribution in [2.75, 3.05) is 13.2 Å². The van der Waals surface area contributed by atoms with Gasteiger partial charge in [-0.3, -0.25) is 4.90 Å². The van der Waals surface area contributed by atoms with Gasteiger partial charge in [0.15, 0.2) is 0 Å². The predicted octanol–water partition coefficient (Wildman–Crippen LogP) is 1.50. The van der Waals surface area contributed by atoms with E-state index < -0.39 is 0 Å². The van der Waals surface area contributed by atoms with E-state index in [-0.39, 0.29) is 0 Å². The van der Waals surface area contributed by atoms with Gasteiger partial charge in [0, 0.05) is 18.1 Å². The van der Waals surface area contributed by atoms with E-state index in [0.717, 1.165) is 31.2 Å². The molecule has 3 fully saturated rings. The van der Waals surface area contributed by atoms with Crippen molar-refractivity contribution in [2.24, 2.45) is 5.92 Å². The zero-order valence-electron chi connectivity index (χ0n) is 8.29. The van der Waals surface area contributed by atoms with Gasteiger partial charge in [-0.1, -0.05) is 6.92 Å². The summed E-state index contributed by atoms with van der Waals surface area (Å²) in [7, 11) is 0. The first-order chi connectivity index (χ1) is 5.70. The number of rotatable bonds is 1. The number of nitrogens with zero attached hydrogens (tertiary/aromatic N) is 1. The molecule has 2 nitrogen and oxygen atoms in total. The van der Waals surface area contributed by atoms with Crippen molar-refractivity contribution >= 4 is 0 Å². The molecule has 12 heavy (non-hydrogen) atoms. The van der Waals surface area contributed by atoms with Crippen molar-refractivity contribution in [2.45, 2.75) is 45.3 Å². The minimum atomic E-state index is 0.692. The van der Waals surface area contributed by atoms with Crippen LogP contribution < -0.4 is 0 Å². The van der Waals surface area contributed by atoms with E-state index in [0.29, 0.717) is 6.04 Å². The molecule has 3 atom stereocenters. The van der Waals surface area contributed by atoms with Gasteiger partial charge in [-0.05, 0) is 26.2 Å². The van der Waals surface area contributed by atoms with Crippen molar-refractivity contribution in [1.82, 2.24) is 4.90 Å². The molecule has 3 aliphatic heterocycles. The summed E-state index contributed by atoms with van der Waals surface area (Å²) in [5, 5.41) is 0. The van der Waals surface area contributed by atoms with Crippen LogP contribution in [0.5, 0.6) is 0 Å². The Hall–Kier alpha value is -0.0800. The van der Waals surface area contributed by atoms with Crippen LogP contribution in [0.15, 0.2) is 0 Å². The third kappa shape index (κ3) is 1.17. The second-order valence-electron chi connectivity index (χ2n) is 4.51. The van der Waals surface area contributed by atoms with Crippen LogP contribution in [0.2, 0.25) is 0 Å². The predicted molar refractivity (Wildman–Crippen MR) is 49.2 cm³/mol. The van der Waals surface area contributed by atoms with Crippen LogP contribution in [0.25, 0.3) is 0 Å². The molecule has 0 aromatic heterocycles. The first-order valence-corrected chi connectivity index (χ1v) is 5.05. The van der Waals surface area contributed by atoms with Crippen LogP contribution >= 0.6 is 0 Å². The fourth-order valence-corrected chi connectivity index (χ4v) is 2.64. The Labute approximate surface area is 74.9 Å². The molecular formula is C10H19NO. The summed E-state index contributed by atoms with van der Waals surface area (Å²) in [6.45, 7) is 8.80.